The van der Waals surface area contributed by atoms with Crippen molar-refractivity contribution in [1.82, 2.24) is 0 Å². The lowest BCUT2D eigenvalue weighted by molar-refractivity contribution is -0.137. The average Bonchev–Trinajstić information content (AvgIpc) is 3.01. The van der Waals surface area contributed by atoms with Crippen molar-refractivity contribution < 1.29 is 59.3 Å². The Hall–Kier alpha value is 0.725. The highest BCUT2D eigenvalue weighted by Crippen LogP contribution is 2.53. The molecule has 0 aromatic heterocycles. The van der Waals surface area contributed by atoms with Crippen LogP contribution in [-0.2, 0) is 54.2 Å². The highest BCUT2D eigenvalue weighted by Gasteiger charge is 2.81. The summed E-state index contributed by atoms with van der Waals surface area (Å²) < 4.78 is 86.3. The number of hydrogen-bond donors (Lipinski definition) is 1. The second-order valence-corrected chi connectivity index (χ2v) is 39.1. The predicted octanol–water partition coefficient (Wildman–Crippen LogP) is 6.50. The largest absolute Gasteiger partial charge is 0.481 e. The van der Waals surface area contributed by atoms with Crippen LogP contribution in [0, 0.1) is 0 Å². The summed E-state index contributed by atoms with van der Waals surface area (Å²) >= 11 is 0. The summed E-state index contributed by atoms with van der Waals surface area (Å²) in [7, 11) is -29.1. The van der Waals surface area contributed by atoms with Crippen LogP contribution in [0.4, 0.5) is 0 Å². The fraction of sp³-hybridized carbons (Fsp3) is 0.960. The van der Waals surface area contributed by atoms with Gasteiger partial charge in [-0.05, 0) is 12.8 Å². The first-order valence-electron chi connectivity index (χ1n) is 18.0. The molecular weight excluding hydrogens is 749 g/mol. The van der Waals surface area contributed by atoms with E-state index in [9.17, 15) is 4.79 Å². The van der Waals surface area contributed by atoms with E-state index in [1.807, 2.05) is 48.5 Å². The molecule has 8 bridgehead atoms. The van der Waals surface area contributed by atoms with Crippen molar-refractivity contribution in [3.8, 4) is 0 Å². The first kappa shape index (κ1) is 38.9. The average molecular weight is 805 g/mol. The van der Waals surface area contributed by atoms with Crippen LogP contribution in [0.25, 0.3) is 0 Å². The molecule has 14 nitrogen and oxygen atoms in total. The molecule has 6 aliphatic heterocycles. The molecule has 0 aromatic carbocycles. The number of rotatable bonds is 18. The number of hydrogen-bond acceptors (Lipinski definition) is 13. The lowest BCUT2D eigenvalue weighted by Crippen LogP contribution is -2.88. The van der Waals surface area contributed by atoms with Gasteiger partial charge in [0.25, 0.3) is 0 Å². The first-order valence-corrected chi connectivity index (χ1v) is 33.4. The molecule has 47 heavy (non-hydrogen) atoms. The Labute approximate surface area is 289 Å². The van der Waals surface area contributed by atoms with E-state index in [4.69, 9.17) is 54.5 Å². The maximum absolute atomic E-state index is 10.8. The van der Waals surface area contributed by atoms with E-state index in [-0.39, 0.29) is 6.42 Å². The minimum Gasteiger partial charge on any atom is -0.481 e. The van der Waals surface area contributed by atoms with Gasteiger partial charge in [-0.25, -0.2) is 0 Å². The van der Waals surface area contributed by atoms with Crippen molar-refractivity contribution in [2.75, 3.05) is 0 Å². The van der Waals surface area contributed by atoms with Crippen LogP contribution in [0.3, 0.4) is 0 Å². The smallest absolute Gasteiger partial charge is 0.478 e. The Balaban J connectivity index is 1.52. The van der Waals surface area contributed by atoms with Gasteiger partial charge >= 0.3 is 76.4 Å². The molecule has 0 spiro atoms. The molecule has 0 amide bonds. The molecule has 0 aromatic rings. The van der Waals surface area contributed by atoms with Gasteiger partial charge in [-0.15, -0.1) is 0 Å². The third-order valence-corrected chi connectivity index (χ3v) is 46.3. The maximum atomic E-state index is 10.8. The van der Waals surface area contributed by atoms with E-state index in [2.05, 4.69) is 0 Å². The van der Waals surface area contributed by atoms with Gasteiger partial charge in [-0.3, -0.25) is 4.79 Å². The highest BCUT2D eigenvalue weighted by molar-refractivity contribution is 7.03. The topological polar surface area (TPSA) is 148 Å². The van der Waals surface area contributed by atoms with Crippen molar-refractivity contribution in [1.29, 1.82) is 0 Å². The van der Waals surface area contributed by atoms with E-state index in [0.29, 0.717) is 48.4 Å². The molecule has 272 valence electrons. The van der Waals surface area contributed by atoms with E-state index in [1.54, 1.807) is 0 Å². The second kappa shape index (κ2) is 15.0. The van der Waals surface area contributed by atoms with Gasteiger partial charge in [0.1, 0.15) is 0 Å². The molecular formula is C25H56O14Si8. The zero-order valence-corrected chi connectivity index (χ0v) is 37.3. The summed E-state index contributed by atoms with van der Waals surface area (Å²) in [6.07, 6.45) is 7.94. The number of unbranched alkanes of at least 4 members (excludes halogenated alkanes) is 7. The van der Waals surface area contributed by atoms with Gasteiger partial charge in [0.05, 0.1) is 0 Å². The van der Waals surface area contributed by atoms with Crippen LogP contribution in [0.1, 0.15) is 106 Å². The molecule has 0 radical (unpaired) electrons. The quantitative estimate of drug-likeness (QED) is 0.119. The third-order valence-electron chi connectivity index (χ3n) is 9.39. The van der Waals surface area contributed by atoms with Crippen LogP contribution in [0.2, 0.25) is 48.4 Å². The zero-order valence-electron chi connectivity index (χ0n) is 29.3. The van der Waals surface area contributed by atoms with Crippen LogP contribution < -0.4 is 0 Å². The predicted molar refractivity (Wildman–Crippen MR) is 186 cm³/mol. The van der Waals surface area contributed by atoms with Crippen LogP contribution in [0.15, 0.2) is 0 Å². The van der Waals surface area contributed by atoms with Gasteiger partial charge in [0, 0.05) is 54.8 Å². The highest BCUT2D eigenvalue weighted by atomic mass is 28.6. The van der Waals surface area contributed by atoms with Crippen LogP contribution >= 0.6 is 0 Å². The van der Waals surface area contributed by atoms with E-state index in [0.717, 1.165) is 51.4 Å². The molecule has 0 saturated carbocycles. The summed E-state index contributed by atoms with van der Waals surface area (Å²) in [6, 6.07) is 3.63. The van der Waals surface area contributed by atoms with E-state index in [1.165, 1.54) is 0 Å². The standard InChI is InChI=1S/C25H56O14Si8/c1-8-40-28-41(9-2)31-44(12-5)33-42(10-3,29-40)35-46(14-7)36-43(11-4,30-40)34-45(13-6,32-41)38-47(37-44,39-46)24-22-20-18-16-15-17-19-21-23-25(26)27/h8-24H2,1-7H3,(H,26,27). The monoisotopic (exact) mass is 804 g/mol. The number of carboxylic acid groups (broad SMARTS) is 1. The fourth-order valence-corrected chi connectivity index (χ4v) is 56.5. The molecule has 6 saturated heterocycles. The number of carboxylic acids is 1. The molecule has 0 aliphatic carbocycles. The molecule has 6 heterocycles. The zero-order chi connectivity index (χ0) is 34.1. The maximum Gasteiger partial charge on any atom is 0.478 e. The molecule has 0 unspecified atom stereocenters. The third kappa shape index (κ3) is 8.05. The van der Waals surface area contributed by atoms with Crippen molar-refractivity contribution in [2.45, 2.75) is 155 Å². The van der Waals surface area contributed by atoms with Crippen molar-refractivity contribution >= 4 is 76.4 Å². The molecule has 1 N–H and O–H groups in total. The first-order chi connectivity index (χ1) is 22.3. The normalized spacial score (nSPS) is 44.1. The lowest BCUT2D eigenvalue weighted by atomic mass is 10.1. The minimum absolute atomic E-state index is 0.242. The van der Waals surface area contributed by atoms with Crippen LogP contribution in [-0.4, -0.2) is 81.5 Å². The second-order valence-electron chi connectivity index (χ2n) is 12.9. The Bertz CT molecular complexity index is 987. The summed E-state index contributed by atoms with van der Waals surface area (Å²) in [5, 5.41) is 8.87. The molecule has 0 atom stereocenters. The summed E-state index contributed by atoms with van der Waals surface area (Å²) in [5.41, 5.74) is 0. The Morgan fingerprint density at radius 1 is 0.362 bits per heavy atom. The van der Waals surface area contributed by atoms with Crippen LogP contribution in [0.5, 0.6) is 0 Å². The van der Waals surface area contributed by atoms with Crippen molar-refractivity contribution in [3.63, 3.8) is 0 Å². The minimum atomic E-state index is -3.70. The summed E-state index contributed by atoms with van der Waals surface area (Å²) in [4.78, 5) is 10.8. The van der Waals surface area contributed by atoms with Gasteiger partial charge in [-0.1, -0.05) is 87.0 Å². The van der Waals surface area contributed by atoms with Gasteiger partial charge in [-0.2, -0.15) is 0 Å². The van der Waals surface area contributed by atoms with E-state index >= 15 is 0 Å². The van der Waals surface area contributed by atoms with Crippen molar-refractivity contribution in [3.05, 3.63) is 0 Å². The fourth-order valence-electron chi connectivity index (χ4n) is 6.69. The Morgan fingerprint density at radius 2 is 0.574 bits per heavy atom. The van der Waals surface area contributed by atoms with Crippen molar-refractivity contribution in [2.24, 2.45) is 0 Å². The summed E-state index contributed by atoms with van der Waals surface area (Å²) in [5.74, 6) is -0.725. The Morgan fingerprint density at radius 3 is 0.809 bits per heavy atom. The SMILES string of the molecule is CC[Si]12O[Si]3(CC)O[Si]4(CC)O[Si](CC)(O1)O[Si]1(CC)O[Si](CC)(O2)O[Si](CC)(O3)O[Si](CCCCCCCCCCC(=O)O)(O4)O1. The molecule has 6 rings (SSSR count). The number of carbonyl (C=O) groups is 1. The molecule has 6 aliphatic rings. The van der Waals surface area contributed by atoms with Gasteiger partial charge in [0.15, 0.2) is 0 Å². The molecule has 22 heteroatoms. The van der Waals surface area contributed by atoms with E-state index < -0.39 is 76.4 Å². The van der Waals surface area contributed by atoms with Gasteiger partial charge in [0.2, 0.25) is 0 Å². The lowest BCUT2D eigenvalue weighted by Gasteiger charge is -2.63. The number of aliphatic carboxylic acids is 1. The molecule has 6 fully saturated rings. The summed E-state index contributed by atoms with van der Waals surface area (Å²) in [6.45, 7) is 14.0. The Kier molecular flexibility index (Phi) is 12.4. The van der Waals surface area contributed by atoms with Gasteiger partial charge < -0.3 is 54.5 Å².